The Morgan fingerprint density at radius 2 is 2.00 bits per heavy atom. The Morgan fingerprint density at radius 3 is 2.53 bits per heavy atom. The van der Waals surface area contributed by atoms with Crippen LogP contribution in [0.1, 0.15) is 5.69 Å². The van der Waals surface area contributed by atoms with Crippen molar-refractivity contribution >= 4 is 17.2 Å². The maximum atomic E-state index is 11.9. The zero-order valence-electron chi connectivity index (χ0n) is 11.3. The Balaban J connectivity index is 2.02. The fraction of sp³-hybridized carbons (Fsp3) is 0.333. The second-order valence-electron chi connectivity index (χ2n) is 4.31. The first-order valence-corrected chi connectivity index (χ1v) is 5.92. The first kappa shape index (κ1) is 13.0. The minimum absolute atomic E-state index is 0.0442. The molecule has 0 aromatic carbocycles. The van der Waals surface area contributed by atoms with Crippen LogP contribution in [0.5, 0.6) is 0 Å². The molecule has 0 aliphatic heterocycles. The largest absolute Gasteiger partial charge is 0.384 e. The minimum atomic E-state index is -0.0442. The Kier molecular flexibility index (Phi) is 3.46. The molecule has 0 atom stereocenters. The van der Waals surface area contributed by atoms with Crippen molar-refractivity contribution in [3.63, 3.8) is 0 Å². The number of pyridine rings is 1. The number of aromatic nitrogens is 3. The van der Waals surface area contributed by atoms with Crippen molar-refractivity contribution in [1.82, 2.24) is 14.3 Å². The van der Waals surface area contributed by atoms with Gasteiger partial charge in [0.25, 0.3) is 5.56 Å². The molecule has 2 heterocycles. The summed E-state index contributed by atoms with van der Waals surface area (Å²) in [6, 6.07) is 3.55. The standard InChI is InChI=1S/C12H18N6O/c1-8-11(12(19)18(3)17(8)2)16-7-15-9-4-5-10(13)14-6-9/h4-6,15-16H,7H2,1-3H3,(H2,13,14). The molecule has 0 saturated heterocycles. The third-order valence-electron chi connectivity index (χ3n) is 3.15. The van der Waals surface area contributed by atoms with Gasteiger partial charge in [0.1, 0.15) is 11.5 Å². The molecular formula is C12H18N6O. The second kappa shape index (κ2) is 5.05. The van der Waals surface area contributed by atoms with Crippen LogP contribution in [0, 0.1) is 6.92 Å². The van der Waals surface area contributed by atoms with E-state index in [9.17, 15) is 4.79 Å². The lowest BCUT2D eigenvalue weighted by molar-refractivity contribution is 0.567. The van der Waals surface area contributed by atoms with Gasteiger partial charge in [0.15, 0.2) is 0 Å². The van der Waals surface area contributed by atoms with Crippen LogP contribution in [0.15, 0.2) is 23.1 Å². The van der Waals surface area contributed by atoms with Gasteiger partial charge in [0, 0.05) is 14.1 Å². The molecule has 0 aliphatic carbocycles. The Bertz CT molecular complexity index is 625. The van der Waals surface area contributed by atoms with E-state index in [0.717, 1.165) is 11.4 Å². The summed E-state index contributed by atoms with van der Waals surface area (Å²) in [5.74, 6) is 0.478. The molecule has 2 rings (SSSR count). The number of hydrogen-bond acceptors (Lipinski definition) is 5. The van der Waals surface area contributed by atoms with Gasteiger partial charge in [-0.15, -0.1) is 0 Å². The van der Waals surface area contributed by atoms with Gasteiger partial charge in [-0.2, -0.15) is 0 Å². The predicted molar refractivity (Wildman–Crippen MR) is 76.2 cm³/mol. The molecular weight excluding hydrogens is 244 g/mol. The second-order valence-corrected chi connectivity index (χ2v) is 4.31. The molecule has 7 nitrogen and oxygen atoms in total. The van der Waals surface area contributed by atoms with Crippen molar-refractivity contribution in [1.29, 1.82) is 0 Å². The molecule has 0 bridgehead atoms. The fourth-order valence-electron chi connectivity index (χ4n) is 1.79. The Labute approximate surface area is 111 Å². The van der Waals surface area contributed by atoms with E-state index in [4.69, 9.17) is 5.73 Å². The molecule has 0 amide bonds. The summed E-state index contributed by atoms with van der Waals surface area (Å²) in [5.41, 5.74) is 7.79. The molecule has 102 valence electrons. The normalized spacial score (nSPS) is 10.5. The smallest absolute Gasteiger partial charge is 0.290 e. The maximum Gasteiger partial charge on any atom is 0.290 e. The highest BCUT2D eigenvalue weighted by molar-refractivity contribution is 5.49. The highest BCUT2D eigenvalue weighted by atomic mass is 16.1. The molecule has 7 heteroatoms. The van der Waals surface area contributed by atoms with E-state index in [-0.39, 0.29) is 5.56 Å². The lowest BCUT2D eigenvalue weighted by atomic mass is 10.4. The highest BCUT2D eigenvalue weighted by Gasteiger charge is 2.10. The number of nitrogens with two attached hydrogens (primary N) is 1. The van der Waals surface area contributed by atoms with Crippen molar-refractivity contribution < 1.29 is 0 Å². The highest BCUT2D eigenvalue weighted by Crippen LogP contribution is 2.09. The summed E-state index contributed by atoms with van der Waals surface area (Å²) < 4.78 is 3.36. The van der Waals surface area contributed by atoms with E-state index in [1.165, 1.54) is 0 Å². The van der Waals surface area contributed by atoms with Crippen molar-refractivity contribution in [2.24, 2.45) is 14.1 Å². The third kappa shape index (κ3) is 2.54. The summed E-state index contributed by atoms with van der Waals surface area (Å²) in [6.45, 7) is 2.33. The molecule has 0 unspecified atom stereocenters. The van der Waals surface area contributed by atoms with Crippen LogP contribution in [0.2, 0.25) is 0 Å². The predicted octanol–water partition coefficient (Wildman–Crippen LogP) is 0.491. The van der Waals surface area contributed by atoms with Gasteiger partial charge in [-0.25, -0.2) is 4.98 Å². The van der Waals surface area contributed by atoms with Crippen LogP contribution in [-0.2, 0) is 14.1 Å². The zero-order chi connectivity index (χ0) is 14.0. The molecule has 2 aromatic heterocycles. The lowest BCUT2D eigenvalue weighted by Crippen LogP contribution is -2.21. The lowest BCUT2D eigenvalue weighted by Gasteiger charge is -2.08. The minimum Gasteiger partial charge on any atom is -0.384 e. The number of hydrogen-bond donors (Lipinski definition) is 3. The molecule has 19 heavy (non-hydrogen) atoms. The molecule has 0 spiro atoms. The topological polar surface area (TPSA) is 89.9 Å². The van der Waals surface area contributed by atoms with E-state index >= 15 is 0 Å². The molecule has 4 N–H and O–H groups in total. The van der Waals surface area contributed by atoms with Crippen LogP contribution in [0.25, 0.3) is 0 Å². The van der Waals surface area contributed by atoms with Gasteiger partial charge in [0.05, 0.1) is 24.2 Å². The van der Waals surface area contributed by atoms with Gasteiger partial charge in [0.2, 0.25) is 0 Å². The Hall–Kier alpha value is -2.44. The van der Waals surface area contributed by atoms with Crippen LogP contribution >= 0.6 is 0 Å². The van der Waals surface area contributed by atoms with E-state index in [2.05, 4.69) is 15.6 Å². The monoisotopic (exact) mass is 262 g/mol. The molecule has 0 aliphatic rings. The van der Waals surface area contributed by atoms with E-state index in [1.54, 1.807) is 28.7 Å². The fourth-order valence-corrected chi connectivity index (χ4v) is 1.79. The van der Waals surface area contributed by atoms with Gasteiger partial charge in [-0.05, 0) is 19.1 Å². The van der Waals surface area contributed by atoms with Gasteiger partial charge >= 0.3 is 0 Å². The van der Waals surface area contributed by atoms with Crippen molar-refractivity contribution in [3.8, 4) is 0 Å². The van der Waals surface area contributed by atoms with Crippen molar-refractivity contribution in [3.05, 3.63) is 34.4 Å². The van der Waals surface area contributed by atoms with Crippen LogP contribution in [0.3, 0.4) is 0 Å². The summed E-state index contributed by atoms with van der Waals surface area (Å²) >= 11 is 0. The molecule has 2 aromatic rings. The summed E-state index contributed by atoms with van der Waals surface area (Å²) in [7, 11) is 3.58. The number of rotatable bonds is 4. The summed E-state index contributed by atoms with van der Waals surface area (Å²) in [5, 5.41) is 6.20. The Morgan fingerprint density at radius 1 is 1.26 bits per heavy atom. The van der Waals surface area contributed by atoms with Gasteiger partial charge < -0.3 is 16.4 Å². The zero-order valence-corrected chi connectivity index (χ0v) is 11.3. The molecule has 0 fully saturated rings. The maximum absolute atomic E-state index is 11.9. The molecule has 0 radical (unpaired) electrons. The van der Waals surface area contributed by atoms with E-state index in [0.29, 0.717) is 18.2 Å². The summed E-state index contributed by atoms with van der Waals surface area (Å²) in [6.07, 6.45) is 1.65. The van der Waals surface area contributed by atoms with Crippen LogP contribution < -0.4 is 21.9 Å². The van der Waals surface area contributed by atoms with Crippen molar-refractivity contribution in [2.75, 3.05) is 23.0 Å². The third-order valence-corrected chi connectivity index (χ3v) is 3.15. The molecule has 0 saturated carbocycles. The van der Waals surface area contributed by atoms with E-state index in [1.807, 2.05) is 20.0 Å². The average Bonchev–Trinajstić information content (AvgIpc) is 2.58. The van der Waals surface area contributed by atoms with Crippen molar-refractivity contribution in [2.45, 2.75) is 6.92 Å². The quantitative estimate of drug-likeness (QED) is 0.698. The first-order valence-electron chi connectivity index (χ1n) is 5.92. The number of nitrogens with one attached hydrogen (secondary N) is 2. The average molecular weight is 262 g/mol. The van der Waals surface area contributed by atoms with Crippen LogP contribution in [0.4, 0.5) is 17.2 Å². The summed E-state index contributed by atoms with van der Waals surface area (Å²) in [4.78, 5) is 15.9. The van der Waals surface area contributed by atoms with E-state index < -0.39 is 0 Å². The van der Waals surface area contributed by atoms with Gasteiger partial charge in [-0.1, -0.05) is 0 Å². The number of anilines is 3. The number of nitrogens with zero attached hydrogens (tertiary/aromatic N) is 3. The first-order chi connectivity index (χ1) is 9.00. The van der Waals surface area contributed by atoms with Crippen LogP contribution in [-0.4, -0.2) is 21.0 Å². The number of nitrogen functional groups attached to an aromatic ring is 1. The SMILES string of the molecule is Cc1c(NCNc2ccc(N)nc2)c(=O)n(C)n1C. The van der Waals surface area contributed by atoms with Gasteiger partial charge in [-0.3, -0.25) is 14.2 Å².